The lowest BCUT2D eigenvalue weighted by molar-refractivity contribution is 0.363. The molecule has 0 amide bonds. The maximum absolute atomic E-state index is 12.6. The van der Waals surface area contributed by atoms with E-state index >= 15 is 0 Å². The molecule has 7 heteroatoms. The molecule has 0 aliphatic rings. The molecular weight excluding hydrogens is 366 g/mol. The number of rotatable bonds is 9. The minimum absolute atomic E-state index is 0.124. The predicted octanol–water partition coefficient (Wildman–Crippen LogP) is 3.50. The number of benzene rings is 2. The molecular formula is C20H25NO5S. The van der Waals surface area contributed by atoms with Gasteiger partial charge in [-0.2, -0.15) is 4.31 Å². The summed E-state index contributed by atoms with van der Waals surface area (Å²) in [4.78, 5) is 0. The van der Waals surface area contributed by atoms with Crippen LogP contribution in [-0.2, 0) is 23.1 Å². The molecule has 2 aromatic carbocycles. The lowest BCUT2D eigenvalue weighted by Gasteiger charge is -2.23. The standard InChI is InChI=1S/C20H25NO5S/c1-6-27(22,23)21(13-16-8-7-15(2)11-19(16)25-4)14-17-9-10-18(24-3)12-20(17)26-5/h6-12H,1,13-14H2,2-5H3. The summed E-state index contributed by atoms with van der Waals surface area (Å²) in [6.45, 7) is 5.67. The van der Waals surface area contributed by atoms with Crippen molar-refractivity contribution in [2.75, 3.05) is 21.3 Å². The van der Waals surface area contributed by atoms with Crippen LogP contribution in [0.25, 0.3) is 0 Å². The van der Waals surface area contributed by atoms with Gasteiger partial charge in [0.2, 0.25) is 10.0 Å². The molecule has 27 heavy (non-hydrogen) atoms. The van der Waals surface area contributed by atoms with Crippen LogP contribution in [0.3, 0.4) is 0 Å². The fourth-order valence-electron chi connectivity index (χ4n) is 2.69. The molecule has 0 unspecified atom stereocenters. The average molecular weight is 391 g/mol. The van der Waals surface area contributed by atoms with Crippen molar-refractivity contribution < 1.29 is 22.6 Å². The first-order valence-corrected chi connectivity index (χ1v) is 9.82. The minimum atomic E-state index is -3.68. The van der Waals surface area contributed by atoms with Gasteiger partial charge in [-0.15, -0.1) is 0 Å². The maximum Gasteiger partial charge on any atom is 0.236 e. The van der Waals surface area contributed by atoms with Crippen molar-refractivity contribution in [1.29, 1.82) is 0 Å². The van der Waals surface area contributed by atoms with Crippen molar-refractivity contribution >= 4 is 10.0 Å². The van der Waals surface area contributed by atoms with Crippen molar-refractivity contribution in [3.8, 4) is 17.2 Å². The molecule has 0 heterocycles. The predicted molar refractivity (Wildman–Crippen MR) is 106 cm³/mol. The summed E-state index contributed by atoms with van der Waals surface area (Å²) in [5, 5.41) is 0.948. The Morgan fingerprint density at radius 3 is 2.00 bits per heavy atom. The largest absolute Gasteiger partial charge is 0.497 e. The van der Waals surface area contributed by atoms with E-state index in [2.05, 4.69) is 6.58 Å². The van der Waals surface area contributed by atoms with Gasteiger partial charge in [-0.1, -0.05) is 24.8 Å². The van der Waals surface area contributed by atoms with Crippen LogP contribution in [0.4, 0.5) is 0 Å². The van der Waals surface area contributed by atoms with Gasteiger partial charge >= 0.3 is 0 Å². The van der Waals surface area contributed by atoms with Crippen LogP contribution in [-0.4, -0.2) is 34.1 Å². The number of ether oxygens (including phenoxy) is 3. The summed E-state index contributed by atoms with van der Waals surface area (Å²) in [5.74, 6) is 1.82. The number of aryl methyl sites for hydroxylation is 1. The molecule has 6 nitrogen and oxygen atoms in total. The van der Waals surface area contributed by atoms with Crippen LogP contribution >= 0.6 is 0 Å². The quantitative estimate of drug-likeness (QED) is 0.655. The van der Waals surface area contributed by atoms with Gasteiger partial charge in [0.15, 0.2) is 0 Å². The highest BCUT2D eigenvalue weighted by Crippen LogP contribution is 2.29. The molecule has 0 aliphatic heterocycles. The van der Waals surface area contributed by atoms with Crippen LogP contribution in [0.2, 0.25) is 0 Å². The van der Waals surface area contributed by atoms with Crippen molar-refractivity contribution in [2.45, 2.75) is 20.0 Å². The molecule has 2 rings (SSSR count). The zero-order valence-electron chi connectivity index (χ0n) is 16.1. The smallest absolute Gasteiger partial charge is 0.236 e. The minimum Gasteiger partial charge on any atom is -0.497 e. The van der Waals surface area contributed by atoms with Crippen LogP contribution < -0.4 is 14.2 Å². The second-order valence-corrected chi connectivity index (χ2v) is 7.85. The highest BCUT2D eigenvalue weighted by atomic mass is 32.2. The normalized spacial score (nSPS) is 11.3. The Hall–Kier alpha value is -2.51. The summed E-state index contributed by atoms with van der Waals surface area (Å²) in [6, 6.07) is 10.9. The lowest BCUT2D eigenvalue weighted by Crippen LogP contribution is -2.28. The molecule has 0 radical (unpaired) electrons. The topological polar surface area (TPSA) is 65.1 Å². The number of hydrogen-bond donors (Lipinski definition) is 0. The third-order valence-corrected chi connectivity index (χ3v) is 5.60. The summed E-state index contributed by atoms with van der Waals surface area (Å²) >= 11 is 0. The SMILES string of the molecule is C=CS(=O)(=O)N(Cc1ccc(C)cc1OC)Cc1ccc(OC)cc1OC. The monoisotopic (exact) mass is 391 g/mol. The Balaban J connectivity index is 2.41. The first-order chi connectivity index (χ1) is 12.8. The summed E-state index contributed by atoms with van der Waals surface area (Å²) in [6.07, 6.45) is 0. The van der Waals surface area contributed by atoms with E-state index in [0.29, 0.717) is 17.2 Å². The third-order valence-electron chi connectivity index (χ3n) is 4.20. The van der Waals surface area contributed by atoms with Crippen molar-refractivity contribution in [3.63, 3.8) is 0 Å². The van der Waals surface area contributed by atoms with E-state index in [1.807, 2.05) is 25.1 Å². The average Bonchev–Trinajstić information content (AvgIpc) is 2.68. The Labute approximate surface area is 161 Å². The first kappa shape index (κ1) is 20.8. The van der Waals surface area contributed by atoms with E-state index in [0.717, 1.165) is 22.1 Å². The highest BCUT2D eigenvalue weighted by molar-refractivity contribution is 7.91. The second-order valence-electron chi connectivity index (χ2n) is 5.97. The van der Waals surface area contributed by atoms with Gasteiger partial charge in [0, 0.05) is 35.7 Å². The second kappa shape index (κ2) is 8.92. The molecule has 0 saturated carbocycles. The van der Waals surface area contributed by atoms with E-state index < -0.39 is 10.0 Å². The highest BCUT2D eigenvalue weighted by Gasteiger charge is 2.22. The Morgan fingerprint density at radius 2 is 1.48 bits per heavy atom. The van der Waals surface area contributed by atoms with Crippen LogP contribution in [0, 0.1) is 6.92 Å². The van der Waals surface area contributed by atoms with Crippen molar-refractivity contribution in [1.82, 2.24) is 4.31 Å². The number of nitrogens with zero attached hydrogens (tertiary/aromatic N) is 1. The van der Waals surface area contributed by atoms with Gasteiger partial charge < -0.3 is 14.2 Å². The van der Waals surface area contributed by atoms with Gasteiger partial charge in [-0.25, -0.2) is 8.42 Å². The summed E-state index contributed by atoms with van der Waals surface area (Å²) in [7, 11) is 0.986. The fraction of sp³-hybridized carbons (Fsp3) is 0.300. The molecule has 0 spiro atoms. The number of methoxy groups -OCH3 is 3. The van der Waals surface area contributed by atoms with E-state index in [1.54, 1.807) is 32.4 Å². The molecule has 0 fully saturated rings. The van der Waals surface area contributed by atoms with Gasteiger partial charge in [-0.05, 0) is 24.6 Å². The Bertz CT molecular complexity index is 909. The first-order valence-electron chi connectivity index (χ1n) is 8.31. The summed E-state index contributed by atoms with van der Waals surface area (Å²) < 4.78 is 42.5. The van der Waals surface area contributed by atoms with E-state index in [9.17, 15) is 8.42 Å². The van der Waals surface area contributed by atoms with Crippen molar-refractivity contribution in [2.24, 2.45) is 0 Å². The Kier molecular flexibility index (Phi) is 6.87. The van der Waals surface area contributed by atoms with Gasteiger partial charge in [0.05, 0.1) is 21.3 Å². The van der Waals surface area contributed by atoms with Gasteiger partial charge in [-0.3, -0.25) is 0 Å². The maximum atomic E-state index is 12.6. The molecule has 0 N–H and O–H groups in total. The van der Waals surface area contributed by atoms with E-state index in [4.69, 9.17) is 14.2 Å². The van der Waals surface area contributed by atoms with Crippen LogP contribution in [0.15, 0.2) is 48.4 Å². The molecule has 146 valence electrons. The van der Waals surface area contributed by atoms with Crippen molar-refractivity contribution in [3.05, 3.63) is 65.1 Å². The lowest BCUT2D eigenvalue weighted by atomic mass is 10.1. The molecule has 0 aromatic heterocycles. The Morgan fingerprint density at radius 1 is 0.926 bits per heavy atom. The summed E-state index contributed by atoms with van der Waals surface area (Å²) in [5.41, 5.74) is 2.52. The van der Waals surface area contributed by atoms with Crippen LogP contribution in [0.5, 0.6) is 17.2 Å². The zero-order chi connectivity index (χ0) is 20.0. The fourth-order valence-corrected chi connectivity index (χ4v) is 3.54. The zero-order valence-corrected chi connectivity index (χ0v) is 16.9. The van der Waals surface area contributed by atoms with Gasteiger partial charge in [0.1, 0.15) is 17.2 Å². The molecule has 0 saturated heterocycles. The molecule has 0 atom stereocenters. The molecule has 2 aromatic rings. The number of hydrogen-bond acceptors (Lipinski definition) is 5. The van der Waals surface area contributed by atoms with Gasteiger partial charge in [0.25, 0.3) is 0 Å². The van der Waals surface area contributed by atoms with Crippen LogP contribution in [0.1, 0.15) is 16.7 Å². The molecule has 0 aliphatic carbocycles. The van der Waals surface area contributed by atoms with E-state index in [1.165, 1.54) is 11.4 Å². The molecule has 0 bridgehead atoms. The van der Waals surface area contributed by atoms with E-state index in [-0.39, 0.29) is 13.1 Å². The number of sulfonamides is 1. The third kappa shape index (κ3) is 5.02.